The first-order chi connectivity index (χ1) is 7.72. The molecule has 7 heteroatoms. The van der Waals surface area contributed by atoms with E-state index in [0.717, 1.165) is 6.07 Å². The number of aromatic hydroxyl groups is 1. The number of alkyl halides is 3. The molecule has 0 unspecified atom stereocenters. The highest BCUT2D eigenvalue weighted by atomic mass is 79.9. The normalized spacial score (nSPS) is 11.5. The number of aryl methyl sites for hydroxylation is 1. The van der Waals surface area contributed by atoms with Crippen molar-refractivity contribution in [3.8, 4) is 5.75 Å². The molecule has 0 radical (unpaired) electrons. The zero-order valence-corrected chi connectivity index (χ0v) is 9.97. The maximum Gasteiger partial charge on any atom is 0.389 e. The van der Waals surface area contributed by atoms with Crippen LogP contribution in [0, 0.1) is 0 Å². The average Bonchev–Trinajstić information content (AvgIpc) is 2.14. The predicted octanol–water partition coefficient (Wildman–Crippen LogP) is 3.35. The molecule has 0 aliphatic heterocycles. The van der Waals surface area contributed by atoms with Crippen molar-refractivity contribution in [1.29, 1.82) is 0 Å². The Hall–Kier alpha value is -1.24. The SMILES string of the molecule is O=C(O)c1c(O)ccc(CCC(F)(F)F)c1Br. The molecule has 0 aromatic heterocycles. The number of halogens is 4. The van der Waals surface area contributed by atoms with Crippen LogP contribution in [0.15, 0.2) is 16.6 Å². The van der Waals surface area contributed by atoms with Crippen LogP contribution in [-0.4, -0.2) is 22.4 Å². The average molecular weight is 313 g/mol. The van der Waals surface area contributed by atoms with E-state index in [0.29, 0.717) is 0 Å². The lowest BCUT2D eigenvalue weighted by molar-refractivity contribution is -0.134. The molecule has 3 nitrogen and oxygen atoms in total. The Morgan fingerprint density at radius 3 is 2.41 bits per heavy atom. The first kappa shape index (κ1) is 13.8. The lowest BCUT2D eigenvalue weighted by Crippen LogP contribution is -2.09. The van der Waals surface area contributed by atoms with Crippen molar-refractivity contribution >= 4 is 21.9 Å². The summed E-state index contributed by atoms with van der Waals surface area (Å²) in [6.07, 6.45) is -5.69. The highest BCUT2D eigenvalue weighted by Crippen LogP contribution is 2.32. The van der Waals surface area contributed by atoms with E-state index in [4.69, 9.17) is 5.11 Å². The summed E-state index contributed by atoms with van der Waals surface area (Å²) in [4.78, 5) is 10.8. The lowest BCUT2D eigenvalue weighted by atomic mass is 10.1. The summed E-state index contributed by atoms with van der Waals surface area (Å²) < 4.78 is 36.1. The van der Waals surface area contributed by atoms with Crippen LogP contribution in [-0.2, 0) is 6.42 Å². The van der Waals surface area contributed by atoms with E-state index in [1.165, 1.54) is 6.07 Å². The van der Waals surface area contributed by atoms with Crippen LogP contribution in [0.5, 0.6) is 5.75 Å². The third-order valence-electron chi connectivity index (χ3n) is 2.09. The number of carbonyl (C=O) groups is 1. The Bertz CT molecular complexity index is 443. The van der Waals surface area contributed by atoms with E-state index in [1.54, 1.807) is 0 Å². The van der Waals surface area contributed by atoms with Crippen LogP contribution in [0.2, 0.25) is 0 Å². The van der Waals surface area contributed by atoms with Gasteiger partial charge in [-0.15, -0.1) is 0 Å². The molecular weight excluding hydrogens is 305 g/mol. The number of phenols is 1. The summed E-state index contributed by atoms with van der Waals surface area (Å²) in [6.45, 7) is 0. The minimum atomic E-state index is -4.30. The van der Waals surface area contributed by atoms with Gasteiger partial charge >= 0.3 is 12.1 Å². The van der Waals surface area contributed by atoms with Crippen LogP contribution in [0.25, 0.3) is 0 Å². The number of carboxylic acids is 1. The molecule has 0 saturated heterocycles. The smallest absolute Gasteiger partial charge is 0.389 e. The van der Waals surface area contributed by atoms with Gasteiger partial charge in [-0.3, -0.25) is 0 Å². The molecule has 0 bridgehead atoms. The van der Waals surface area contributed by atoms with Crippen molar-refractivity contribution in [2.75, 3.05) is 0 Å². The van der Waals surface area contributed by atoms with Crippen LogP contribution in [0.1, 0.15) is 22.3 Å². The second-order valence-electron chi connectivity index (χ2n) is 3.35. The fourth-order valence-electron chi connectivity index (χ4n) is 1.28. The van der Waals surface area contributed by atoms with Gasteiger partial charge in [-0.2, -0.15) is 13.2 Å². The van der Waals surface area contributed by atoms with E-state index in [1.807, 2.05) is 0 Å². The topological polar surface area (TPSA) is 57.5 Å². The van der Waals surface area contributed by atoms with Gasteiger partial charge in [0.2, 0.25) is 0 Å². The van der Waals surface area contributed by atoms with Crippen molar-refractivity contribution in [2.24, 2.45) is 0 Å². The van der Waals surface area contributed by atoms with Crippen molar-refractivity contribution in [2.45, 2.75) is 19.0 Å². The van der Waals surface area contributed by atoms with E-state index < -0.39 is 29.9 Å². The molecule has 94 valence electrons. The van der Waals surface area contributed by atoms with E-state index in [9.17, 15) is 23.1 Å². The van der Waals surface area contributed by atoms with Gasteiger partial charge in [0.1, 0.15) is 11.3 Å². The Morgan fingerprint density at radius 1 is 1.35 bits per heavy atom. The molecule has 1 aromatic carbocycles. The van der Waals surface area contributed by atoms with Gasteiger partial charge < -0.3 is 10.2 Å². The van der Waals surface area contributed by atoms with Crippen LogP contribution >= 0.6 is 15.9 Å². The first-order valence-corrected chi connectivity index (χ1v) is 5.32. The minimum absolute atomic E-state index is 0.0192. The van der Waals surface area contributed by atoms with Crippen molar-refractivity contribution in [3.05, 3.63) is 27.7 Å². The molecule has 17 heavy (non-hydrogen) atoms. The minimum Gasteiger partial charge on any atom is -0.507 e. The molecule has 0 saturated carbocycles. The molecule has 0 spiro atoms. The molecule has 2 N–H and O–H groups in total. The number of benzene rings is 1. The van der Waals surface area contributed by atoms with Gasteiger partial charge in [0.25, 0.3) is 0 Å². The van der Waals surface area contributed by atoms with Gasteiger partial charge in [0.05, 0.1) is 0 Å². The quantitative estimate of drug-likeness (QED) is 0.900. The summed E-state index contributed by atoms with van der Waals surface area (Å²) in [5, 5.41) is 18.1. The fraction of sp³-hybridized carbons (Fsp3) is 0.300. The number of hydrogen-bond donors (Lipinski definition) is 2. The second-order valence-corrected chi connectivity index (χ2v) is 4.15. The molecular formula is C10H8BrF3O3. The molecule has 0 amide bonds. The summed E-state index contributed by atoms with van der Waals surface area (Å²) in [5.41, 5.74) is -0.234. The second kappa shape index (κ2) is 4.95. The summed E-state index contributed by atoms with van der Waals surface area (Å²) >= 11 is 2.89. The largest absolute Gasteiger partial charge is 0.507 e. The first-order valence-electron chi connectivity index (χ1n) is 4.53. The van der Waals surface area contributed by atoms with Gasteiger partial charge in [0.15, 0.2) is 0 Å². The molecule has 0 heterocycles. The van der Waals surface area contributed by atoms with Crippen molar-refractivity contribution in [3.63, 3.8) is 0 Å². The number of carboxylic acid groups (broad SMARTS) is 1. The zero-order chi connectivity index (χ0) is 13.2. The molecule has 0 atom stereocenters. The van der Waals surface area contributed by atoms with Gasteiger partial charge in [-0.1, -0.05) is 6.07 Å². The maximum absolute atomic E-state index is 12.0. The third-order valence-corrected chi connectivity index (χ3v) is 3.00. The standard InChI is InChI=1S/C10H8BrF3O3/c11-8-5(3-4-10(12,13)14)1-2-6(15)7(8)9(16)17/h1-2,15H,3-4H2,(H,16,17). The van der Waals surface area contributed by atoms with Gasteiger partial charge in [-0.25, -0.2) is 4.79 Å². The third kappa shape index (κ3) is 3.62. The molecule has 0 aliphatic rings. The number of rotatable bonds is 3. The Balaban J connectivity index is 3.03. The summed E-state index contributed by atoms with van der Waals surface area (Å²) in [7, 11) is 0. The van der Waals surface area contributed by atoms with Gasteiger partial charge in [-0.05, 0) is 34.0 Å². The lowest BCUT2D eigenvalue weighted by Gasteiger charge is -2.10. The Morgan fingerprint density at radius 2 is 1.94 bits per heavy atom. The molecule has 1 aromatic rings. The predicted molar refractivity (Wildman–Crippen MR) is 57.1 cm³/mol. The number of hydrogen-bond acceptors (Lipinski definition) is 2. The maximum atomic E-state index is 12.0. The molecule has 0 fully saturated rings. The Labute approximate surface area is 103 Å². The highest BCUT2D eigenvalue weighted by Gasteiger charge is 2.27. The zero-order valence-electron chi connectivity index (χ0n) is 8.38. The van der Waals surface area contributed by atoms with E-state index in [2.05, 4.69) is 15.9 Å². The van der Waals surface area contributed by atoms with Gasteiger partial charge in [0, 0.05) is 10.9 Å². The Kier molecular flexibility index (Phi) is 4.03. The van der Waals surface area contributed by atoms with Crippen molar-refractivity contribution < 1.29 is 28.2 Å². The highest BCUT2D eigenvalue weighted by molar-refractivity contribution is 9.10. The monoisotopic (exact) mass is 312 g/mol. The van der Waals surface area contributed by atoms with E-state index >= 15 is 0 Å². The van der Waals surface area contributed by atoms with Crippen LogP contribution in [0.4, 0.5) is 13.2 Å². The van der Waals surface area contributed by atoms with Crippen LogP contribution < -0.4 is 0 Å². The fourth-order valence-corrected chi connectivity index (χ4v) is 1.99. The molecule has 1 rings (SSSR count). The van der Waals surface area contributed by atoms with Crippen molar-refractivity contribution in [1.82, 2.24) is 0 Å². The van der Waals surface area contributed by atoms with E-state index in [-0.39, 0.29) is 16.5 Å². The summed E-state index contributed by atoms with van der Waals surface area (Å²) in [6, 6.07) is 2.33. The molecule has 0 aliphatic carbocycles. The number of aromatic carboxylic acids is 1. The van der Waals surface area contributed by atoms with Crippen LogP contribution in [0.3, 0.4) is 0 Å². The summed E-state index contributed by atoms with van der Waals surface area (Å²) in [5.74, 6) is -1.89.